The largest absolute Gasteiger partial charge is 0.398 e. The molecule has 0 unspecified atom stereocenters. The van der Waals surface area contributed by atoms with Crippen LogP contribution in [-0.2, 0) is 20.0 Å². The number of anilines is 1. The van der Waals surface area contributed by atoms with Crippen molar-refractivity contribution in [3.05, 3.63) is 23.5 Å². The fraction of sp³-hybridized carbons (Fsp3) is 0.400. The molecule has 0 heterocycles. The second-order valence-corrected chi connectivity index (χ2v) is 7.73. The highest BCUT2D eigenvalue weighted by Gasteiger charge is 2.20. The molecule has 7 nitrogen and oxygen atoms in total. The Morgan fingerprint density at radius 3 is 2.40 bits per heavy atom. The fourth-order valence-electron chi connectivity index (χ4n) is 1.43. The van der Waals surface area contributed by atoms with Crippen molar-refractivity contribution in [1.29, 1.82) is 0 Å². The van der Waals surface area contributed by atoms with E-state index in [0.29, 0.717) is 5.56 Å². The fourth-order valence-corrected chi connectivity index (χ4v) is 3.15. The van der Waals surface area contributed by atoms with Crippen molar-refractivity contribution in [2.24, 2.45) is 5.14 Å². The summed E-state index contributed by atoms with van der Waals surface area (Å²) in [5, 5.41) is 4.78. The summed E-state index contributed by atoms with van der Waals surface area (Å²) in [7, 11) is -7.74. The Morgan fingerprint density at radius 1 is 1.25 bits per heavy atom. The van der Waals surface area contributed by atoms with Crippen molar-refractivity contribution in [3.63, 3.8) is 0 Å². The number of hydrogen-bond acceptors (Lipinski definition) is 5. The van der Waals surface area contributed by atoms with Gasteiger partial charge in [0.25, 0.3) is 0 Å². The molecule has 5 N–H and O–H groups in total. The molecule has 10 heteroatoms. The molecule has 0 aromatic heterocycles. The third kappa shape index (κ3) is 4.71. The van der Waals surface area contributed by atoms with Gasteiger partial charge in [0.15, 0.2) is 0 Å². The predicted octanol–water partition coefficient (Wildman–Crippen LogP) is -0.327. The van der Waals surface area contributed by atoms with Crippen LogP contribution in [0.5, 0.6) is 0 Å². The molecule has 0 saturated carbocycles. The molecule has 0 saturated heterocycles. The van der Waals surface area contributed by atoms with Crippen LogP contribution in [0, 0.1) is 12.7 Å². The van der Waals surface area contributed by atoms with Crippen molar-refractivity contribution in [1.82, 2.24) is 4.72 Å². The van der Waals surface area contributed by atoms with E-state index in [2.05, 4.69) is 4.72 Å². The Balaban J connectivity index is 2.82. The molecule has 114 valence electrons. The molecule has 0 bridgehead atoms. The standard InChI is InChI=1S/C10H16FN3O4S2/c1-7-5-8(11)10(6-9(7)12)20(17,18)14-3-2-4-19(13,15)16/h5-6,14H,2-4,12H2,1H3,(H2,13,15,16). The van der Waals surface area contributed by atoms with Crippen LogP contribution in [0.2, 0.25) is 0 Å². The first kappa shape index (κ1) is 16.8. The van der Waals surface area contributed by atoms with Crippen molar-refractivity contribution >= 4 is 25.7 Å². The van der Waals surface area contributed by atoms with E-state index in [1.54, 1.807) is 6.92 Å². The molecule has 1 rings (SSSR count). The highest BCUT2D eigenvalue weighted by molar-refractivity contribution is 7.89. The first-order valence-electron chi connectivity index (χ1n) is 5.59. The SMILES string of the molecule is Cc1cc(F)c(S(=O)(=O)NCCCS(N)(=O)=O)cc1N. The van der Waals surface area contributed by atoms with E-state index < -0.39 is 30.8 Å². The lowest BCUT2D eigenvalue weighted by atomic mass is 10.2. The highest BCUT2D eigenvalue weighted by atomic mass is 32.2. The van der Waals surface area contributed by atoms with Gasteiger partial charge in [-0.3, -0.25) is 0 Å². The number of nitrogens with two attached hydrogens (primary N) is 2. The van der Waals surface area contributed by atoms with E-state index in [9.17, 15) is 21.2 Å². The normalized spacial score (nSPS) is 12.6. The van der Waals surface area contributed by atoms with Crippen LogP contribution in [0.15, 0.2) is 17.0 Å². The number of aryl methyl sites for hydroxylation is 1. The van der Waals surface area contributed by atoms with Crippen LogP contribution in [0.25, 0.3) is 0 Å². The Morgan fingerprint density at radius 2 is 1.85 bits per heavy atom. The van der Waals surface area contributed by atoms with Gasteiger partial charge in [0.05, 0.1) is 5.75 Å². The number of nitrogens with one attached hydrogen (secondary N) is 1. The predicted molar refractivity (Wildman–Crippen MR) is 73.3 cm³/mol. The van der Waals surface area contributed by atoms with Crippen LogP contribution >= 0.6 is 0 Å². The van der Waals surface area contributed by atoms with E-state index in [1.165, 1.54) is 0 Å². The second-order valence-electron chi connectivity index (χ2n) is 4.26. The summed E-state index contributed by atoms with van der Waals surface area (Å²) in [5.74, 6) is -1.29. The molecule has 20 heavy (non-hydrogen) atoms. The summed E-state index contributed by atoms with van der Waals surface area (Å²) < 4.78 is 60.8. The molecule has 0 aliphatic heterocycles. The summed E-state index contributed by atoms with van der Waals surface area (Å²) in [4.78, 5) is -0.573. The monoisotopic (exact) mass is 325 g/mol. The molecule has 0 spiro atoms. The minimum absolute atomic E-state index is 0.0129. The Kier molecular flexibility index (Phi) is 5.08. The van der Waals surface area contributed by atoms with Gasteiger partial charge in [0, 0.05) is 12.2 Å². The van der Waals surface area contributed by atoms with Crippen LogP contribution < -0.4 is 15.6 Å². The second kappa shape index (κ2) is 6.04. The number of halogens is 1. The first-order chi connectivity index (χ1) is 9.03. The number of hydrogen-bond donors (Lipinski definition) is 3. The van der Waals surface area contributed by atoms with Gasteiger partial charge in [-0.15, -0.1) is 0 Å². The minimum atomic E-state index is -4.09. The van der Waals surface area contributed by atoms with Gasteiger partial charge in [0.2, 0.25) is 20.0 Å². The summed E-state index contributed by atoms with van der Waals surface area (Å²) in [6.45, 7) is 1.38. The first-order valence-corrected chi connectivity index (χ1v) is 8.78. The lowest BCUT2D eigenvalue weighted by molar-refractivity contribution is 0.555. The van der Waals surface area contributed by atoms with Crippen molar-refractivity contribution in [3.8, 4) is 0 Å². The smallest absolute Gasteiger partial charge is 0.243 e. The van der Waals surface area contributed by atoms with E-state index in [-0.39, 0.29) is 24.4 Å². The van der Waals surface area contributed by atoms with E-state index >= 15 is 0 Å². The molecular formula is C10H16FN3O4S2. The molecular weight excluding hydrogens is 309 g/mol. The lowest BCUT2D eigenvalue weighted by Crippen LogP contribution is -2.28. The van der Waals surface area contributed by atoms with Gasteiger partial charge in [-0.1, -0.05) is 0 Å². The molecule has 0 fully saturated rings. The zero-order chi connectivity index (χ0) is 15.6. The van der Waals surface area contributed by atoms with Crippen molar-refractivity contribution in [2.75, 3.05) is 18.0 Å². The Labute approximate surface area is 117 Å². The van der Waals surface area contributed by atoms with E-state index in [0.717, 1.165) is 12.1 Å². The van der Waals surface area contributed by atoms with Crippen LogP contribution in [0.1, 0.15) is 12.0 Å². The molecule has 1 aromatic rings. The molecule has 0 amide bonds. The number of nitrogen functional groups attached to an aromatic ring is 1. The Bertz CT molecular complexity index is 701. The number of sulfonamides is 2. The van der Waals surface area contributed by atoms with Crippen LogP contribution in [-0.4, -0.2) is 29.1 Å². The zero-order valence-corrected chi connectivity index (χ0v) is 12.4. The van der Waals surface area contributed by atoms with Gasteiger partial charge in [-0.2, -0.15) is 0 Å². The molecule has 1 aromatic carbocycles. The van der Waals surface area contributed by atoms with Gasteiger partial charge in [-0.05, 0) is 31.0 Å². The van der Waals surface area contributed by atoms with E-state index in [1.807, 2.05) is 0 Å². The average Bonchev–Trinajstić information content (AvgIpc) is 2.28. The maximum Gasteiger partial charge on any atom is 0.243 e. The van der Waals surface area contributed by atoms with Crippen LogP contribution in [0.4, 0.5) is 10.1 Å². The minimum Gasteiger partial charge on any atom is -0.398 e. The Hall–Kier alpha value is -1.23. The summed E-state index contributed by atoms with van der Waals surface area (Å²) in [5.41, 5.74) is 6.12. The summed E-state index contributed by atoms with van der Waals surface area (Å²) in [6, 6.07) is 2.04. The van der Waals surface area contributed by atoms with Crippen molar-refractivity contribution < 1.29 is 21.2 Å². The maximum absolute atomic E-state index is 13.6. The summed E-state index contributed by atoms with van der Waals surface area (Å²) in [6.07, 6.45) is -0.0129. The van der Waals surface area contributed by atoms with Gasteiger partial charge < -0.3 is 5.73 Å². The van der Waals surface area contributed by atoms with Gasteiger partial charge in [-0.25, -0.2) is 31.1 Å². The summed E-state index contributed by atoms with van der Waals surface area (Å²) >= 11 is 0. The highest BCUT2D eigenvalue weighted by Crippen LogP contribution is 2.21. The number of benzene rings is 1. The zero-order valence-electron chi connectivity index (χ0n) is 10.8. The topological polar surface area (TPSA) is 132 Å². The van der Waals surface area contributed by atoms with Gasteiger partial charge in [0.1, 0.15) is 10.7 Å². The molecule has 0 atom stereocenters. The van der Waals surface area contributed by atoms with E-state index in [4.69, 9.17) is 10.9 Å². The maximum atomic E-state index is 13.6. The lowest BCUT2D eigenvalue weighted by Gasteiger charge is -2.09. The quantitative estimate of drug-likeness (QED) is 0.487. The van der Waals surface area contributed by atoms with Crippen molar-refractivity contribution in [2.45, 2.75) is 18.2 Å². The molecule has 0 radical (unpaired) electrons. The molecule has 0 aliphatic carbocycles. The third-order valence-corrected chi connectivity index (χ3v) is 4.84. The number of primary sulfonamides is 1. The van der Waals surface area contributed by atoms with Gasteiger partial charge >= 0.3 is 0 Å². The van der Waals surface area contributed by atoms with Crippen LogP contribution in [0.3, 0.4) is 0 Å². The third-order valence-electron chi connectivity index (χ3n) is 2.51. The molecule has 0 aliphatic rings. The average molecular weight is 325 g/mol. The number of rotatable bonds is 6.